The third-order valence-electron chi connectivity index (χ3n) is 6.14. The van der Waals surface area contributed by atoms with E-state index in [4.69, 9.17) is 4.74 Å². The summed E-state index contributed by atoms with van der Waals surface area (Å²) in [6.45, 7) is 12.3. The summed E-state index contributed by atoms with van der Waals surface area (Å²) in [5.41, 5.74) is 7.31. The van der Waals surface area contributed by atoms with Crippen LogP contribution in [-0.4, -0.2) is 29.0 Å². The Labute approximate surface area is 205 Å². The number of ether oxygens (including phenoxy) is 1. The van der Waals surface area contributed by atoms with E-state index in [0.29, 0.717) is 12.4 Å². The number of hydrogen-bond acceptors (Lipinski definition) is 4. The Hall–Kier alpha value is -4.13. The molecule has 1 aliphatic rings. The van der Waals surface area contributed by atoms with Crippen molar-refractivity contribution in [1.82, 2.24) is 9.88 Å². The summed E-state index contributed by atoms with van der Waals surface area (Å²) >= 11 is 0. The molecule has 4 rings (SSSR count). The molecule has 3 aromatic rings. The highest BCUT2D eigenvalue weighted by molar-refractivity contribution is 6.39. The quantitative estimate of drug-likeness (QED) is 0.415. The van der Waals surface area contributed by atoms with E-state index in [0.717, 1.165) is 38.7 Å². The number of anilines is 1. The van der Waals surface area contributed by atoms with E-state index in [1.165, 1.54) is 5.56 Å². The van der Waals surface area contributed by atoms with Crippen LogP contribution in [0.1, 0.15) is 40.6 Å². The Bertz CT molecular complexity index is 1370. The van der Waals surface area contributed by atoms with Crippen LogP contribution >= 0.6 is 0 Å². The summed E-state index contributed by atoms with van der Waals surface area (Å²) in [6, 6.07) is 12.2. The van der Waals surface area contributed by atoms with Gasteiger partial charge in [-0.15, -0.1) is 0 Å². The fourth-order valence-corrected chi connectivity index (χ4v) is 4.75. The highest BCUT2D eigenvalue weighted by Crippen LogP contribution is 2.32. The van der Waals surface area contributed by atoms with Crippen LogP contribution in [0.4, 0.5) is 10.5 Å². The van der Waals surface area contributed by atoms with Crippen LogP contribution in [0.15, 0.2) is 48.0 Å². The molecular formula is C28H29N3O4. The van der Waals surface area contributed by atoms with Gasteiger partial charge in [-0.25, -0.2) is 9.69 Å². The van der Waals surface area contributed by atoms with E-state index in [9.17, 15) is 14.4 Å². The summed E-state index contributed by atoms with van der Waals surface area (Å²) in [4.78, 5) is 39.8. The molecule has 7 heteroatoms. The first-order valence-electron chi connectivity index (χ1n) is 11.5. The first-order valence-corrected chi connectivity index (χ1v) is 11.5. The van der Waals surface area contributed by atoms with Gasteiger partial charge >= 0.3 is 6.03 Å². The fraction of sp³-hybridized carbons (Fsp3) is 0.250. The SMILES string of the molecule is CCOc1ccccc1N1C(=O)NC(=O)/C(=C\c2cc(C)n(-c3c(C)cc(C)cc3C)c2C)C1=O. The molecule has 0 radical (unpaired) electrons. The molecule has 0 atom stereocenters. The number of para-hydroxylation sites is 2. The Kier molecular flexibility index (Phi) is 6.35. The van der Waals surface area contributed by atoms with E-state index in [2.05, 4.69) is 42.8 Å². The van der Waals surface area contributed by atoms with Crippen LogP contribution in [0.2, 0.25) is 0 Å². The summed E-state index contributed by atoms with van der Waals surface area (Å²) in [6.07, 6.45) is 1.55. The second-order valence-electron chi connectivity index (χ2n) is 8.77. The number of nitrogens with one attached hydrogen (secondary N) is 1. The minimum Gasteiger partial charge on any atom is -0.492 e. The molecular weight excluding hydrogens is 442 g/mol. The lowest BCUT2D eigenvalue weighted by Gasteiger charge is -2.27. The molecule has 0 aliphatic carbocycles. The molecule has 1 N–H and O–H groups in total. The maximum absolute atomic E-state index is 13.4. The third-order valence-corrected chi connectivity index (χ3v) is 6.14. The van der Waals surface area contributed by atoms with Crippen molar-refractivity contribution in [2.75, 3.05) is 11.5 Å². The number of barbiturate groups is 1. The van der Waals surface area contributed by atoms with Crippen LogP contribution in [0, 0.1) is 34.6 Å². The predicted molar refractivity (Wildman–Crippen MR) is 136 cm³/mol. The Morgan fingerprint density at radius 1 is 0.943 bits per heavy atom. The molecule has 0 bridgehead atoms. The molecule has 0 saturated carbocycles. The summed E-state index contributed by atoms with van der Waals surface area (Å²) in [5, 5.41) is 2.29. The van der Waals surface area contributed by atoms with Crippen molar-refractivity contribution >= 4 is 29.6 Å². The molecule has 1 fully saturated rings. The maximum Gasteiger partial charge on any atom is 0.336 e. The molecule has 1 aromatic heterocycles. The zero-order valence-corrected chi connectivity index (χ0v) is 20.9. The number of aryl methyl sites for hydroxylation is 4. The molecule has 2 aromatic carbocycles. The Morgan fingerprint density at radius 2 is 1.60 bits per heavy atom. The molecule has 1 aliphatic heterocycles. The van der Waals surface area contributed by atoms with Gasteiger partial charge in [-0.05, 0) is 82.5 Å². The number of urea groups is 1. The highest BCUT2D eigenvalue weighted by Gasteiger charge is 2.38. The molecule has 7 nitrogen and oxygen atoms in total. The Morgan fingerprint density at radius 3 is 2.26 bits per heavy atom. The zero-order valence-electron chi connectivity index (χ0n) is 20.9. The zero-order chi connectivity index (χ0) is 25.4. The van der Waals surface area contributed by atoms with E-state index in [1.807, 2.05) is 26.8 Å². The van der Waals surface area contributed by atoms with E-state index < -0.39 is 17.8 Å². The average Bonchev–Trinajstić information content (AvgIpc) is 3.05. The fourth-order valence-electron chi connectivity index (χ4n) is 4.75. The van der Waals surface area contributed by atoms with Crippen LogP contribution in [-0.2, 0) is 9.59 Å². The number of imide groups is 2. The number of rotatable bonds is 5. The monoisotopic (exact) mass is 471 g/mol. The van der Waals surface area contributed by atoms with Gasteiger partial charge in [0.1, 0.15) is 11.3 Å². The van der Waals surface area contributed by atoms with Gasteiger partial charge in [0.2, 0.25) is 0 Å². The van der Waals surface area contributed by atoms with Crippen LogP contribution < -0.4 is 15.0 Å². The molecule has 0 spiro atoms. The second kappa shape index (κ2) is 9.25. The van der Waals surface area contributed by atoms with Crippen LogP contribution in [0.5, 0.6) is 5.75 Å². The number of carbonyl (C=O) groups is 3. The third kappa shape index (κ3) is 4.25. The number of nitrogens with zero attached hydrogens (tertiary/aromatic N) is 2. The number of aromatic nitrogens is 1. The standard InChI is InChI=1S/C28H29N3O4/c1-7-35-24-11-9-8-10-23(24)31-27(33)22(26(32)29-28(31)34)15-21-14-19(5)30(20(21)6)25-17(3)12-16(2)13-18(25)4/h8-15H,7H2,1-6H3,(H,29,32,34)/b22-15+. The van der Waals surface area contributed by atoms with E-state index in [-0.39, 0.29) is 11.3 Å². The van der Waals surface area contributed by atoms with Crippen molar-refractivity contribution in [2.45, 2.75) is 41.5 Å². The van der Waals surface area contributed by atoms with Crippen molar-refractivity contribution in [2.24, 2.45) is 0 Å². The number of hydrogen-bond donors (Lipinski definition) is 1. The van der Waals surface area contributed by atoms with Crippen molar-refractivity contribution in [3.8, 4) is 11.4 Å². The van der Waals surface area contributed by atoms with Gasteiger partial charge in [-0.2, -0.15) is 0 Å². The topological polar surface area (TPSA) is 80.6 Å². The maximum atomic E-state index is 13.4. The molecule has 2 heterocycles. The molecule has 35 heavy (non-hydrogen) atoms. The lowest BCUT2D eigenvalue weighted by Crippen LogP contribution is -2.54. The summed E-state index contributed by atoms with van der Waals surface area (Å²) in [7, 11) is 0. The van der Waals surface area contributed by atoms with Gasteiger partial charge < -0.3 is 9.30 Å². The molecule has 1 saturated heterocycles. The molecule has 4 amide bonds. The average molecular weight is 472 g/mol. The number of amides is 4. The highest BCUT2D eigenvalue weighted by atomic mass is 16.5. The van der Waals surface area contributed by atoms with Gasteiger partial charge in [0.05, 0.1) is 18.0 Å². The second-order valence-corrected chi connectivity index (χ2v) is 8.77. The normalized spacial score (nSPS) is 15.1. The Balaban J connectivity index is 1.80. The largest absolute Gasteiger partial charge is 0.492 e. The van der Waals surface area contributed by atoms with Crippen molar-refractivity contribution in [3.63, 3.8) is 0 Å². The lowest BCUT2D eigenvalue weighted by atomic mass is 10.0. The van der Waals surface area contributed by atoms with Crippen molar-refractivity contribution < 1.29 is 19.1 Å². The smallest absolute Gasteiger partial charge is 0.336 e. The molecule has 180 valence electrons. The molecule has 0 unspecified atom stereocenters. The van der Waals surface area contributed by atoms with Crippen molar-refractivity contribution in [1.29, 1.82) is 0 Å². The van der Waals surface area contributed by atoms with Crippen molar-refractivity contribution in [3.05, 3.63) is 81.7 Å². The first kappa shape index (κ1) is 24.0. The van der Waals surface area contributed by atoms with Gasteiger partial charge in [0.15, 0.2) is 0 Å². The van der Waals surface area contributed by atoms with Gasteiger partial charge in [-0.3, -0.25) is 14.9 Å². The van der Waals surface area contributed by atoms with Crippen LogP contribution in [0.3, 0.4) is 0 Å². The number of benzene rings is 2. The predicted octanol–water partition coefficient (Wildman–Crippen LogP) is 5.08. The van der Waals surface area contributed by atoms with E-state index >= 15 is 0 Å². The van der Waals surface area contributed by atoms with Gasteiger partial charge in [0.25, 0.3) is 11.8 Å². The van der Waals surface area contributed by atoms with Gasteiger partial charge in [-0.1, -0.05) is 29.8 Å². The van der Waals surface area contributed by atoms with Crippen LogP contribution in [0.25, 0.3) is 11.8 Å². The van der Waals surface area contributed by atoms with E-state index in [1.54, 1.807) is 30.3 Å². The lowest BCUT2D eigenvalue weighted by molar-refractivity contribution is -0.122. The number of carbonyl (C=O) groups excluding carboxylic acids is 3. The first-order chi connectivity index (χ1) is 16.6. The minimum atomic E-state index is -0.805. The summed E-state index contributed by atoms with van der Waals surface area (Å²) in [5.74, 6) is -1.04. The minimum absolute atomic E-state index is 0.117. The summed E-state index contributed by atoms with van der Waals surface area (Å²) < 4.78 is 7.74. The van der Waals surface area contributed by atoms with Gasteiger partial charge in [0, 0.05) is 11.4 Å².